The number of carbonyl (C=O) groups is 1. The van der Waals surface area contributed by atoms with Crippen LogP contribution < -0.4 is 5.32 Å². The summed E-state index contributed by atoms with van der Waals surface area (Å²) in [5.41, 5.74) is 0. The van der Waals surface area contributed by atoms with E-state index in [9.17, 15) is 4.79 Å². The zero-order valence-electron chi connectivity index (χ0n) is 19.8. The monoisotopic (exact) mass is 431 g/mol. The minimum absolute atomic E-state index is 0.0578. The van der Waals surface area contributed by atoms with Gasteiger partial charge in [0.05, 0.1) is 12.9 Å². The second kappa shape index (κ2) is 13.6. The van der Waals surface area contributed by atoms with E-state index in [1.807, 2.05) is 13.2 Å². The molecule has 4 nitrogen and oxygen atoms in total. The molecule has 0 aliphatic carbocycles. The largest absolute Gasteiger partial charge is 0.548 e. The van der Waals surface area contributed by atoms with Gasteiger partial charge in [-0.25, -0.2) is 4.79 Å². The molecule has 1 N–H and O–H groups in total. The van der Waals surface area contributed by atoms with Crippen LogP contribution in [0.25, 0.3) is 0 Å². The lowest BCUT2D eigenvalue weighted by molar-refractivity contribution is 0.144. The van der Waals surface area contributed by atoms with Crippen LogP contribution >= 0.6 is 11.8 Å². The van der Waals surface area contributed by atoms with Crippen LogP contribution in [0.2, 0.25) is 18.1 Å². The summed E-state index contributed by atoms with van der Waals surface area (Å²) >= 11 is 1.71. The average Bonchev–Trinajstić information content (AvgIpc) is 2.60. The number of unbranched alkanes of at least 4 members (excludes halogenated alkanes) is 4. The van der Waals surface area contributed by atoms with Crippen molar-refractivity contribution in [1.29, 1.82) is 0 Å². The first-order valence-electron chi connectivity index (χ1n) is 10.8. The summed E-state index contributed by atoms with van der Waals surface area (Å²) in [4.78, 5) is 13.2. The first-order valence-corrected chi connectivity index (χ1v) is 15.0. The maximum absolute atomic E-state index is 12.1. The third kappa shape index (κ3) is 10.2. The van der Waals surface area contributed by atoms with E-state index in [0.717, 1.165) is 12.8 Å². The van der Waals surface area contributed by atoms with Gasteiger partial charge < -0.3 is 14.5 Å². The second-order valence-electron chi connectivity index (χ2n) is 9.07. The SMILES string of the molecule is CCCCCCC[C@@H](NC(=O)OCC)[C@H](C)/C(=C/O[Si](C)(C)C(C)(C)C)SC. The first-order chi connectivity index (χ1) is 13.0. The summed E-state index contributed by atoms with van der Waals surface area (Å²) in [5, 5.41) is 3.26. The van der Waals surface area contributed by atoms with Gasteiger partial charge in [-0.15, -0.1) is 11.8 Å². The number of alkyl carbamates (subject to hydrolysis) is 1. The second-order valence-corrected chi connectivity index (χ2v) is 14.7. The van der Waals surface area contributed by atoms with Crippen molar-refractivity contribution in [3.05, 3.63) is 11.2 Å². The average molecular weight is 432 g/mol. The number of amides is 1. The van der Waals surface area contributed by atoms with Crippen molar-refractivity contribution < 1.29 is 14.0 Å². The molecule has 0 bridgehead atoms. The van der Waals surface area contributed by atoms with Crippen molar-refractivity contribution in [3.8, 4) is 0 Å². The van der Waals surface area contributed by atoms with E-state index in [-0.39, 0.29) is 23.1 Å². The van der Waals surface area contributed by atoms with E-state index < -0.39 is 8.32 Å². The molecule has 0 fully saturated rings. The fraction of sp³-hybridized carbons (Fsp3) is 0.864. The highest BCUT2D eigenvalue weighted by Gasteiger charge is 2.38. The van der Waals surface area contributed by atoms with E-state index in [2.05, 4.69) is 59.3 Å². The van der Waals surface area contributed by atoms with Gasteiger partial charge in [-0.2, -0.15) is 0 Å². The molecule has 28 heavy (non-hydrogen) atoms. The topological polar surface area (TPSA) is 47.6 Å². The molecule has 0 aromatic carbocycles. The highest BCUT2D eigenvalue weighted by atomic mass is 32.2. The fourth-order valence-corrected chi connectivity index (χ4v) is 4.20. The molecular weight excluding hydrogens is 386 g/mol. The lowest BCUT2D eigenvalue weighted by Gasteiger charge is -2.36. The standard InChI is InChI=1S/C22H45NO3SSi/c1-10-12-13-14-15-16-19(23-21(24)25-11-2)18(3)20(27-7)17-26-28(8,9)22(4,5)6/h17-19H,10-16H2,1-9H3,(H,23,24)/b20-17-/t18-,19+/m0/s1. The molecule has 0 unspecified atom stereocenters. The molecule has 0 saturated heterocycles. The molecule has 0 rings (SSSR count). The first kappa shape index (κ1) is 27.4. The Morgan fingerprint density at radius 2 is 1.75 bits per heavy atom. The van der Waals surface area contributed by atoms with Crippen LogP contribution in [0.1, 0.15) is 80.1 Å². The van der Waals surface area contributed by atoms with Gasteiger partial charge in [-0.3, -0.25) is 0 Å². The minimum atomic E-state index is -1.85. The molecule has 0 aromatic rings. The molecule has 166 valence electrons. The molecule has 2 atom stereocenters. The van der Waals surface area contributed by atoms with E-state index in [4.69, 9.17) is 9.16 Å². The van der Waals surface area contributed by atoms with Crippen LogP contribution in [-0.4, -0.2) is 33.3 Å². The Hall–Kier alpha value is -0.623. The predicted molar refractivity (Wildman–Crippen MR) is 126 cm³/mol. The predicted octanol–water partition coefficient (Wildman–Crippen LogP) is 7.32. The smallest absolute Gasteiger partial charge is 0.407 e. The molecule has 0 aromatic heterocycles. The molecule has 0 aliphatic rings. The third-order valence-corrected chi connectivity index (χ3v) is 11.0. The van der Waals surface area contributed by atoms with Crippen LogP contribution in [0, 0.1) is 5.92 Å². The van der Waals surface area contributed by atoms with Crippen molar-refractivity contribution >= 4 is 26.2 Å². The maximum atomic E-state index is 12.1. The van der Waals surface area contributed by atoms with Gasteiger partial charge in [0.2, 0.25) is 8.32 Å². The summed E-state index contributed by atoms with van der Waals surface area (Å²) in [6.45, 7) is 17.9. The molecule has 0 aliphatic heterocycles. The van der Waals surface area contributed by atoms with Gasteiger partial charge in [0, 0.05) is 16.9 Å². The van der Waals surface area contributed by atoms with Crippen molar-refractivity contribution in [2.45, 2.75) is 104 Å². The van der Waals surface area contributed by atoms with Gasteiger partial charge in [0.15, 0.2) is 0 Å². The molecule has 0 saturated carbocycles. The number of hydrogen-bond donors (Lipinski definition) is 1. The van der Waals surface area contributed by atoms with E-state index in [0.29, 0.717) is 6.61 Å². The Labute approximate surface area is 179 Å². The van der Waals surface area contributed by atoms with Crippen LogP contribution in [0.3, 0.4) is 0 Å². The number of carbonyl (C=O) groups excluding carboxylic acids is 1. The van der Waals surface area contributed by atoms with E-state index in [1.54, 1.807) is 11.8 Å². The Bertz CT molecular complexity index is 475. The molecular formula is C22H45NO3SSi. The van der Waals surface area contributed by atoms with Crippen LogP contribution in [-0.2, 0) is 9.16 Å². The highest BCUT2D eigenvalue weighted by molar-refractivity contribution is 8.02. The highest BCUT2D eigenvalue weighted by Crippen LogP contribution is 2.38. The van der Waals surface area contributed by atoms with Gasteiger partial charge in [0.1, 0.15) is 0 Å². The molecule has 0 spiro atoms. The lowest BCUT2D eigenvalue weighted by Crippen LogP contribution is -2.41. The van der Waals surface area contributed by atoms with Crippen molar-refractivity contribution in [3.63, 3.8) is 0 Å². The number of ether oxygens (including phenoxy) is 1. The number of rotatable bonds is 13. The summed E-state index contributed by atoms with van der Waals surface area (Å²) in [6, 6.07) is 0.0578. The van der Waals surface area contributed by atoms with E-state index >= 15 is 0 Å². The fourth-order valence-electron chi connectivity index (χ4n) is 2.66. The van der Waals surface area contributed by atoms with Crippen molar-refractivity contribution in [1.82, 2.24) is 5.32 Å². The maximum Gasteiger partial charge on any atom is 0.407 e. The van der Waals surface area contributed by atoms with E-state index in [1.165, 1.54) is 30.6 Å². The van der Waals surface area contributed by atoms with Gasteiger partial charge in [-0.05, 0) is 37.7 Å². The Morgan fingerprint density at radius 1 is 1.14 bits per heavy atom. The molecule has 6 heteroatoms. The van der Waals surface area contributed by atoms with Gasteiger partial charge in [-0.1, -0.05) is 66.7 Å². The van der Waals surface area contributed by atoms with Crippen LogP contribution in [0.4, 0.5) is 4.79 Å². The third-order valence-electron chi connectivity index (χ3n) is 5.76. The molecule has 0 heterocycles. The Morgan fingerprint density at radius 3 is 2.25 bits per heavy atom. The lowest BCUT2D eigenvalue weighted by atomic mass is 9.95. The quantitative estimate of drug-likeness (QED) is 0.188. The number of hydrogen-bond acceptors (Lipinski definition) is 4. The summed E-state index contributed by atoms with van der Waals surface area (Å²) in [5.74, 6) is 0.190. The normalized spacial score (nSPS) is 15.1. The van der Waals surface area contributed by atoms with Gasteiger partial charge >= 0.3 is 6.09 Å². The minimum Gasteiger partial charge on any atom is -0.548 e. The van der Waals surface area contributed by atoms with Crippen LogP contribution in [0.15, 0.2) is 11.2 Å². The Balaban J connectivity index is 5.17. The molecule has 0 radical (unpaired) electrons. The Kier molecular flexibility index (Phi) is 13.3. The zero-order chi connectivity index (χ0) is 21.8. The van der Waals surface area contributed by atoms with Crippen molar-refractivity contribution in [2.24, 2.45) is 5.92 Å². The van der Waals surface area contributed by atoms with Crippen LogP contribution in [0.5, 0.6) is 0 Å². The number of thioether (sulfide) groups is 1. The number of nitrogens with one attached hydrogen (secondary N) is 1. The van der Waals surface area contributed by atoms with Gasteiger partial charge in [0.25, 0.3) is 0 Å². The van der Waals surface area contributed by atoms with Crippen molar-refractivity contribution in [2.75, 3.05) is 12.9 Å². The summed E-state index contributed by atoms with van der Waals surface area (Å²) < 4.78 is 11.5. The summed E-state index contributed by atoms with van der Waals surface area (Å²) in [7, 11) is -1.85. The zero-order valence-corrected chi connectivity index (χ0v) is 21.6. The summed E-state index contributed by atoms with van der Waals surface area (Å²) in [6.07, 6.45) is 10.8. The molecule has 1 amide bonds.